The van der Waals surface area contributed by atoms with Crippen molar-refractivity contribution >= 4 is 28.5 Å². The Bertz CT molecular complexity index is 733. The van der Waals surface area contributed by atoms with E-state index in [9.17, 15) is 10.1 Å². The predicted molar refractivity (Wildman–Crippen MR) is 83.9 cm³/mol. The molecule has 2 aromatic rings. The number of methoxy groups -OCH3 is 2. The van der Waals surface area contributed by atoms with Gasteiger partial charge in [-0.05, 0) is 24.3 Å². The Hall–Kier alpha value is -2.85. The van der Waals surface area contributed by atoms with Crippen molar-refractivity contribution in [2.75, 3.05) is 19.5 Å². The Morgan fingerprint density at radius 3 is 2.82 bits per heavy atom. The molecule has 112 valence electrons. The van der Waals surface area contributed by atoms with Gasteiger partial charge in [0.2, 0.25) is 0 Å². The first-order chi connectivity index (χ1) is 10.7. The van der Waals surface area contributed by atoms with Crippen molar-refractivity contribution < 1.29 is 14.3 Å². The quantitative estimate of drug-likeness (QED) is 0.677. The third-order valence-electron chi connectivity index (χ3n) is 2.75. The van der Waals surface area contributed by atoms with Crippen molar-refractivity contribution in [3.63, 3.8) is 0 Å². The Kier molecular flexibility index (Phi) is 5.11. The summed E-state index contributed by atoms with van der Waals surface area (Å²) >= 11 is 1.27. The number of nitrogens with one attached hydrogen (secondary N) is 1. The number of anilines is 1. The fourth-order valence-electron chi connectivity index (χ4n) is 1.71. The van der Waals surface area contributed by atoms with Gasteiger partial charge in [0.1, 0.15) is 23.1 Å². The van der Waals surface area contributed by atoms with Crippen LogP contribution in [0.15, 0.2) is 35.3 Å². The van der Waals surface area contributed by atoms with Crippen molar-refractivity contribution in [3.05, 3.63) is 40.9 Å². The summed E-state index contributed by atoms with van der Waals surface area (Å²) < 4.78 is 10.4. The summed E-state index contributed by atoms with van der Waals surface area (Å²) in [5.41, 5.74) is 0.523. The number of benzene rings is 1. The van der Waals surface area contributed by atoms with Gasteiger partial charge in [0, 0.05) is 17.1 Å². The van der Waals surface area contributed by atoms with E-state index in [4.69, 9.17) is 9.47 Å². The van der Waals surface area contributed by atoms with Gasteiger partial charge in [0.15, 0.2) is 5.13 Å². The molecule has 0 unspecified atom stereocenters. The van der Waals surface area contributed by atoms with Crippen LogP contribution in [-0.2, 0) is 4.79 Å². The molecule has 0 aliphatic rings. The summed E-state index contributed by atoms with van der Waals surface area (Å²) in [6.45, 7) is 0. The van der Waals surface area contributed by atoms with Gasteiger partial charge in [-0.3, -0.25) is 10.1 Å². The van der Waals surface area contributed by atoms with Crippen LogP contribution in [0.4, 0.5) is 5.13 Å². The summed E-state index contributed by atoms with van der Waals surface area (Å²) in [4.78, 5) is 16.0. The zero-order valence-electron chi connectivity index (χ0n) is 12.0. The zero-order valence-corrected chi connectivity index (χ0v) is 12.8. The molecule has 0 aliphatic carbocycles. The maximum absolute atomic E-state index is 12.1. The Morgan fingerprint density at radius 2 is 2.23 bits per heavy atom. The SMILES string of the molecule is COc1ccc(OC)c(C=C(C#N)C(=O)Nc2nccs2)c1. The van der Waals surface area contributed by atoms with Crippen molar-refractivity contribution in [2.45, 2.75) is 0 Å². The molecule has 1 amide bonds. The van der Waals surface area contributed by atoms with Crippen molar-refractivity contribution in [1.29, 1.82) is 5.26 Å². The molecule has 1 heterocycles. The number of carbonyl (C=O) groups is 1. The molecule has 0 radical (unpaired) electrons. The second-order valence-corrected chi connectivity index (χ2v) is 4.96. The topological polar surface area (TPSA) is 84.2 Å². The molecule has 0 saturated heterocycles. The van der Waals surface area contributed by atoms with E-state index in [2.05, 4.69) is 10.3 Å². The summed E-state index contributed by atoms with van der Waals surface area (Å²) in [6, 6.07) is 7.01. The highest BCUT2D eigenvalue weighted by atomic mass is 32.1. The minimum Gasteiger partial charge on any atom is -0.497 e. The van der Waals surface area contributed by atoms with E-state index in [1.165, 1.54) is 31.6 Å². The number of hydrogen-bond donors (Lipinski definition) is 1. The minimum atomic E-state index is -0.526. The molecular weight excluding hydrogens is 302 g/mol. The summed E-state index contributed by atoms with van der Waals surface area (Å²) in [7, 11) is 3.05. The fraction of sp³-hybridized carbons (Fsp3) is 0.133. The van der Waals surface area contributed by atoms with Crippen LogP contribution in [0.5, 0.6) is 11.5 Å². The Labute approximate surface area is 131 Å². The average molecular weight is 315 g/mol. The Morgan fingerprint density at radius 1 is 1.41 bits per heavy atom. The van der Waals surface area contributed by atoms with Crippen LogP contribution in [0.25, 0.3) is 6.08 Å². The van der Waals surface area contributed by atoms with Crippen LogP contribution in [0.2, 0.25) is 0 Å². The van der Waals surface area contributed by atoms with E-state index in [1.807, 2.05) is 6.07 Å². The normalized spacial score (nSPS) is 10.7. The smallest absolute Gasteiger partial charge is 0.268 e. The van der Waals surface area contributed by atoms with E-state index in [0.29, 0.717) is 22.2 Å². The van der Waals surface area contributed by atoms with E-state index in [1.54, 1.807) is 29.8 Å². The third kappa shape index (κ3) is 3.62. The zero-order chi connectivity index (χ0) is 15.9. The van der Waals surface area contributed by atoms with Crippen LogP contribution < -0.4 is 14.8 Å². The maximum Gasteiger partial charge on any atom is 0.268 e. The number of thiazole rings is 1. The van der Waals surface area contributed by atoms with Gasteiger partial charge in [-0.25, -0.2) is 4.98 Å². The lowest BCUT2D eigenvalue weighted by atomic mass is 10.1. The summed E-state index contributed by atoms with van der Waals surface area (Å²) in [5, 5.41) is 13.9. The molecule has 0 spiro atoms. The standard InChI is InChI=1S/C15H13N3O3S/c1-20-12-3-4-13(21-2)10(8-12)7-11(9-16)14(19)18-15-17-5-6-22-15/h3-8H,1-2H3,(H,17,18,19). The van der Waals surface area contributed by atoms with Gasteiger partial charge in [-0.1, -0.05) is 0 Å². The van der Waals surface area contributed by atoms with Crippen LogP contribution in [-0.4, -0.2) is 25.1 Å². The number of nitriles is 1. The highest BCUT2D eigenvalue weighted by Crippen LogP contribution is 2.26. The van der Waals surface area contributed by atoms with Crippen molar-refractivity contribution in [2.24, 2.45) is 0 Å². The molecule has 0 atom stereocenters. The van der Waals surface area contributed by atoms with Crippen LogP contribution >= 0.6 is 11.3 Å². The average Bonchev–Trinajstić information content (AvgIpc) is 3.05. The van der Waals surface area contributed by atoms with E-state index in [0.717, 1.165) is 0 Å². The monoisotopic (exact) mass is 315 g/mol. The predicted octanol–water partition coefficient (Wildman–Crippen LogP) is 2.71. The lowest BCUT2D eigenvalue weighted by molar-refractivity contribution is -0.112. The number of rotatable bonds is 5. The van der Waals surface area contributed by atoms with E-state index < -0.39 is 5.91 Å². The minimum absolute atomic E-state index is 0.0539. The van der Waals surface area contributed by atoms with Crippen LogP contribution in [0.3, 0.4) is 0 Å². The highest BCUT2D eigenvalue weighted by molar-refractivity contribution is 7.13. The molecule has 0 saturated carbocycles. The van der Waals surface area contributed by atoms with Gasteiger partial charge < -0.3 is 9.47 Å². The molecule has 1 aromatic carbocycles. The molecule has 0 bridgehead atoms. The third-order valence-corrected chi connectivity index (χ3v) is 3.44. The van der Waals surface area contributed by atoms with E-state index in [-0.39, 0.29) is 5.57 Å². The summed E-state index contributed by atoms with van der Waals surface area (Å²) in [5.74, 6) is 0.614. The molecule has 0 aliphatic heterocycles. The van der Waals surface area contributed by atoms with E-state index >= 15 is 0 Å². The lowest BCUT2D eigenvalue weighted by Gasteiger charge is -2.08. The largest absolute Gasteiger partial charge is 0.497 e. The number of nitrogens with zero attached hydrogens (tertiary/aromatic N) is 2. The van der Waals surface area contributed by atoms with Crippen LogP contribution in [0, 0.1) is 11.3 Å². The molecule has 22 heavy (non-hydrogen) atoms. The number of aromatic nitrogens is 1. The van der Waals surface area contributed by atoms with Crippen molar-refractivity contribution in [1.82, 2.24) is 4.98 Å². The fourth-order valence-corrected chi connectivity index (χ4v) is 2.23. The van der Waals surface area contributed by atoms with Gasteiger partial charge in [0.05, 0.1) is 14.2 Å². The van der Waals surface area contributed by atoms with Gasteiger partial charge in [-0.15, -0.1) is 11.3 Å². The van der Waals surface area contributed by atoms with Crippen molar-refractivity contribution in [3.8, 4) is 17.6 Å². The van der Waals surface area contributed by atoms with Gasteiger partial charge in [-0.2, -0.15) is 5.26 Å². The van der Waals surface area contributed by atoms with Gasteiger partial charge in [0.25, 0.3) is 5.91 Å². The second kappa shape index (κ2) is 7.24. The van der Waals surface area contributed by atoms with Crippen LogP contribution in [0.1, 0.15) is 5.56 Å². The highest BCUT2D eigenvalue weighted by Gasteiger charge is 2.12. The van der Waals surface area contributed by atoms with Gasteiger partial charge >= 0.3 is 0 Å². The number of amides is 1. The lowest BCUT2D eigenvalue weighted by Crippen LogP contribution is -2.13. The molecule has 1 aromatic heterocycles. The number of ether oxygens (including phenoxy) is 2. The first-order valence-electron chi connectivity index (χ1n) is 6.22. The first kappa shape index (κ1) is 15.5. The molecular formula is C15H13N3O3S. The molecule has 7 heteroatoms. The molecule has 0 fully saturated rings. The Balaban J connectivity index is 2.32. The maximum atomic E-state index is 12.1. The molecule has 1 N–H and O–H groups in total. The molecule has 2 rings (SSSR count). The summed E-state index contributed by atoms with van der Waals surface area (Å²) in [6.07, 6.45) is 3.02. The first-order valence-corrected chi connectivity index (χ1v) is 7.10. The number of hydrogen-bond acceptors (Lipinski definition) is 6. The second-order valence-electron chi connectivity index (χ2n) is 4.07. The number of carbonyl (C=O) groups excluding carboxylic acids is 1. The molecule has 6 nitrogen and oxygen atoms in total.